The molecule has 1 unspecified atom stereocenters. The molecule has 0 saturated heterocycles. The van der Waals surface area contributed by atoms with E-state index in [1.54, 1.807) is 12.1 Å². The molecule has 0 aliphatic carbocycles. The van der Waals surface area contributed by atoms with E-state index in [2.05, 4.69) is 4.74 Å². The van der Waals surface area contributed by atoms with Crippen molar-refractivity contribution in [1.82, 2.24) is 0 Å². The first-order valence-corrected chi connectivity index (χ1v) is 5.77. The highest BCUT2D eigenvalue weighted by Crippen LogP contribution is 2.25. The highest BCUT2D eigenvalue weighted by atomic mass is 16.5. The normalized spacial score (nSPS) is 13.6. The van der Waals surface area contributed by atoms with Crippen molar-refractivity contribution in [3.05, 3.63) is 35.4 Å². The average molecular weight is 250 g/mol. The third-order valence-electron chi connectivity index (χ3n) is 3.18. The number of benzene rings is 1. The predicted molar refractivity (Wildman–Crippen MR) is 67.4 cm³/mol. The summed E-state index contributed by atoms with van der Waals surface area (Å²) in [6.45, 7) is 3.78. The van der Waals surface area contributed by atoms with E-state index in [1.165, 1.54) is 14.2 Å². The Kier molecular flexibility index (Phi) is 4.89. The molecule has 0 saturated carbocycles. The monoisotopic (exact) mass is 250 g/mol. The first-order chi connectivity index (χ1) is 8.51. The Morgan fingerprint density at radius 2 is 1.56 bits per heavy atom. The van der Waals surface area contributed by atoms with Gasteiger partial charge < -0.3 is 9.47 Å². The SMILES string of the molecule is COC(=O)c1ccc([C@@H](C)C(C)C(=O)OC)cc1. The van der Waals surface area contributed by atoms with E-state index in [9.17, 15) is 9.59 Å². The third-order valence-corrected chi connectivity index (χ3v) is 3.18. The van der Waals surface area contributed by atoms with E-state index < -0.39 is 0 Å². The number of carbonyl (C=O) groups is 2. The van der Waals surface area contributed by atoms with Crippen LogP contribution in [0.3, 0.4) is 0 Å². The van der Waals surface area contributed by atoms with Crippen LogP contribution in [-0.4, -0.2) is 26.2 Å². The van der Waals surface area contributed by atoms with Crippen LogP contribution in [0, 0.1) is 5.92 Å². The van der Waals surface area contributed by atoms with Crippen molar-refractivity contribution in [2.45, 2.75) is 19.8 Å². The minimum atomic E-state index is -0.366. The van der Waals surface area contributed by atoms with Gasteiger partial charge in [0.25, 0.3) is 0 Å². The summed E-state index contributed by atoms with van der Waals surface area (Å²) in [5, 5.41) is 0. The van der Waals surface area contributed by atoms with Crippen molar-refractivity contribution < 1.29 is 19.1 Å². The fourth-order valence-corrected chi connectivity index (χ4v) is 1.72. The van der Waals surface area contributed by atoms with Crippen molar-refractivity contribution in [3.8, 4) is 0 Å². The number of methoxy groups -OCH3 is 2. The smallest absolute Gasteiger partial charge is 0.337 e. The summed E-state index contributed by atoms with van der Waals surface area (Å²) < 4.78 is 9.35. The molecule has 1 aromatic rings. The van der Waals surface area contributed by atoms with Crippen LogP contribution in [0.25, 0.3) is 0 Å². The molecule has 18 heavy (non-hydrogen) atoms. The van der Waals surface area contributed by atoms with Gasteiger partial charge in [-0.15, -0.1) is 0 Å². The van der Waals surface area contributed by atoms with Crippen LogP contribution in [0.15, 0.2) is 24.3 Å². The van der Waals surface area contributed by atoms with Crippen LogP contribution in [0.5, 0.6) is 0 Å². The molecule has 0 bridgehead atoms. The molecule has 0 amide bonds. The molecule has 0 aromatic heterocycles. The molecule has 98 valence electrons. The zero-order valence-electron chi connectivity index (χ0n) is 11.1. The van der Waals surface area contributed by atoms with Crippen LogP contribution in [0.1, 0.15) is 35.7 Å². The number of carbonyl (C=O) groups excluding carboxylic acids is 2. The number of hydrogen-bond donors (Lipinski definition) is 0. The molecule has 4 nitrogen and oxygen atoms in total. The summed E-state index contributed by atoms with van der Waals surface area (Å²) in [6.07, 6.45) is 0. The Morgan fingerprint density at radius 3 is 2.00 bits per heavy atom. The van der Waals surface area contributed by atoms with Gasteiger partial charge in [-0.05, 0) is 23.6 Å². The molecule has 0 heterocycles. The Balaban J connectivity index is 2.85. The van der Waals surface area contributed by atoms with Gasteiger partial charge in [-0.2, -0.15) is 0 Å². The fourth-order valence-electron chi connectivity index (χ4n) is 1.72. The zero-order chi connectivity index (χ0) is 13.7. The Bertz CT molecular complexity index is 422. The van der Waals surface area contributed by atoms with Gasteiger partial charge in [0.2, 0.25) is 0 Å². The van der Waals surface area contributed by atoms with Crippen LogP contribution < -0.4 is 0 Å². The minimum Gasteiger partial charge on any atom is -0.469 e. The molecule has 0 spiro atoms. The van der Waals surface area contributed by atoms with Gasteiger partial charge in [-0.3, -0.25) is 4.79 Å². The van der Waals surface area contributed by atoms with Crippen LogP contribution in [-0.2, 0) is 14.3 Å². The third kappa shape index (κ3) is 3.09. The molecular formula is C14H18O4. The topological polar surface area (TPSA) is 52.6 Å². The maximum atomic E-state index is 11.5. The summed E-state index contributed by atoms with van der Waals surface area (Å²) in [5.74, 6) is -0.794. The summed E-state index contributed by atoms with van der Waals surface area (Å²) in [5.41, 5.74) is 1.49. The molecule has 0 fully saturated rings. The molecule has 0 aliphatic rings. The van der Waals surface area contributed by atoms with Crippen molar-refractivity contribution in [3.63, 3.8) is 0 Å². The molecule has 4 heteroatoms. The lowest BCUT2D eigenvalue weighted by atomic mass is 9.88. The van der Waals surface area contributed by atoms with E-state index in [1.807, 2.05) is 26.0 Å². The van der Waals surface area contributed by atoms with Crippen molar-refractivity contribution in [1.29, 1.82) is 0 Å². The van der Waals surface area contributed by atoms with Crippen molar-refractivity contribution in [2.75, 3.05) is 14.2 Å². The van der Waals surface area contributed by atoms with Gasteiger partial charge in [0.15, 0.2) is 0 Å². The van der Waals surface area contributed by atoms with Gasteiger partial charge in [-0.1, -0.05) is 26.0 Å². The molecule has 0 radical (unpaired) electrons. The highest BCUT2D eigenvalue weighted by molar-refractivity contribution is 5.89. The van der Waals surface area contributed by atoms with E-state index >= 15 is 0 Å². The second-order valence-electron chi connectivity index (χ2n) is 4.21. The second kappa shape index (κ2) is 6.19. The highest BCUT2D eigenvalue weighted by Gasteiger charge is 2.22. The summed E-state index contributed by atoms with van der Waals surface area (Å²) in [4.78, 5) is 22.7. The van der Waals surface area contributed by atoms with E-state index in [0.29, 0.717) is 5.56 Å². The van der Waals surface area contributed by atoms with Gasteiger partial charge in [-0.25, -0.2) is 4.79 Å². The lowest BCUT2D eigenvalue weighted by Gasteiger charge is -2.18. The number of ether oxygens (including phenoxy) is 2. The molecule has 0 aliphatic heterocycles. The molecule has 0 N–H and O–H groups in total. The lowest BCUT2D eigenvalue weighted by molar-refractivity contribution is -0.145. The van der Waals surface area contributed by atoms with Crippen molar-refractivity contribution >= 4 is 11.9 Å². The maximum absolute atomic E-state index is 11.5. The van der Waals surface area contributed by atoms with Gasteiger partial charge in [0, 0.05) is 0 Å². The standard InChI is InChI=1S/C14H18O4/c1-9(10(2)13(15)17-3)11-5-7-12(8-6-11)14(16)18-4/h5-10H,1-4H3/t9-,10?/m0/s1. The summed E-state index contributed by atoms with van der Waals surface area (Å²) in [6, 6.07) is 7.05. The van der Waals surface area contributed by atoms with E-state index in [0.717, 1.165) is 5.56 Å². The predicted octanol–water partition coefficient (Wildman–Crippen LogP) is 2.39. The molecular weight excluding hydrogens is 232 g/mol. The largest absolute Gasteiger partial charge is 0.469 e. The van der Waals surface area contributed by atoms with Crippen LogP contribution >= 0.6 is 0 Å². The first kappa shape index (κ1) is 14.2. The van der Waals surface area contributed by atoms with Crippen LogP contribution in [0.4, 0.5) is 0 Å². The Labute approximate surface area is 107 Å². The first-order valence-electron chi connectivity index (χ1n) is 5.77. The number of esters is 2. The molecule has 1 aromatic carbocycles. The maximum Gasteiger partial charge on any atom is 0.337 e. The van der Waals surface area contributed by atoms with Gasteiger partial charge >= 0.3 is 11.9 Å². The van der Waals surface area contributed by atoms with E-state index in [-0.39, 0.29) is 23.8 Å². The summed E-state index contributed by atoms with van der Waals surface area (Å²) in [7, 11) is 2.73. The molecule has 1 rings (SSSR count). The fraction of sp³-hybridized carbons (Fsp3) is 0.429. The molecule has 2 atom stereocenters. The van der Waals surface area contributed by atoms with Gasteiger partial charge in [0.1, 0.15) is 0 Å². The second-order valence-corrected chi connectivity index (χ2v) is 4.21. The number of rotatable bonds is 4. The summed E-state index contributed by atoms with van der Waals surface area (Å²) >= 11 is 0. The quantitative estimate of drug-likeness (QED) is 0.770. The number of hydrogen-bond acceptors (Lipinski definition) is 4. The van der Waals surface area contributed by atoms with E-state index in [4.69, 9.17) is 4.74 Å². The zero-order valence-corrected chi connectivity index (χ0v) is 11.1. The lowest BCUT2D eigenvalue weighted by Crippen LogP contribution is -2.18. The van der Waals surface area contributed by atoms with Crippen molar-refractivity contribution in [2.24, 2.45) is 5.92 Å². The van der Waals surface area contributed by atoms with Crippen LogP contribution in [0.2, 0.25) is 0 Å². The van der Waals surface area contributed by atoms with Gasteiger partial charge in [0.05, 0.1) is 25.7 Å². The minimum absolute atomic E-state index is 0.0316. The Morgan fingerprint density at radius 1 is 1.00 bits per heavy atom. The Hall–Kier alpha value is -1.84. The average Bonchev–Trinajstić information content (AvgIpc) is 2.44.